The quantitative estimate of drug-likeness (QED) is 0.442. The highest BCUT2D eigenvalue weighted by molar-refractivity contribution is 7.99. The van der Waals surface area contributed by atoms with E-state index in [1.54, 1.807) is 18.2 Å². The maximum Gasteiger partial charge on any atom is 0.243 e. The lowest BCUT2D eigenvalue weighted by Crippen LogP contribution is -2.51. The van der Waals surface area contributed by atoms with Crippen molar-refractivity contribution < 1.29 is 14.0 Å². The van der Waals surface area contributed by atoms with Gasteiger partial charge >= 0.3 is 0 Å². The molecule has 0 unspecified atom stereocenters. The van der Waals surface area contributed by atoms with Gasteiger partial charge in [0.1, 0.15) is 11.9 Å². The van der Waals surface area contributed by atoms with E-state index in [0.29, 0.717) is 24.3 Å². The summed E-state index contributed by atoms with van der Waals surface area (Å²) < 4.78 is 14.5. The fourth-order valence-electron chi connectivity index (χ4n) is 3.57. The van der Waals surface area contributed by atoms with Crippen LogP contribution in [0.4, 0.5) is 4.39 Å². The zero-order valence-corrected chi connectivity index (χ0v) is 19.6. The molecule has 0 spiro atoms. The van der Waals surface area contributed by atoms with Gasteiger partial charge in [-0.3, -0.25) is 9.59 Å². The average Bonchev–Trinajstić information content (AvgIpc) is 2.84. The zero-order chi connectivity index (χ0) is 23.5. The highest BCUT2D eigenvalue weighted by atomic mass is 32.2. The molecule has 33 heavy (non-hydrogen) atoms. The summed E-state index contributed by atoms with van der Waals surface area (Å²) in [4.78, 5) is 28.0. The minimum absolute atomic E-state index is 0.0338. The first-order valence-electron chi connectivity index (χ1n) is 11.0. The number of nitrogens with one attached hydrogen (secondary N) is 1. The monoisotopic (exact) mass is 464 g/mol. The van der Waals surface area contributed by atoms with Crippen molar-refractivity contribution in [1.29, 1.82) is 0 Å². The van der Waals surface area contributed by atoms with Gasteiger partial charge in [-0.05, 0) is 24.1 Å². The first-order valence-corrected chi connectivity index (χ1v) is 12.2. The van der Waals surface area contributed by atoms with Crippen molar-refractivity contribution in [3.05, 3.63) is 107 Å². The van der Waals surface area contributed by atoms with Crippen molar-refractivity contribution in [1.82, 2.24) is 10.2 Å². The molecule has 0 heterocycles. The second-order valence-corrected chi connectivity index (χ2v) is 8.68. The molecule has 0 aromatic heterocycles. The van der Waals surface area contributed by atoms with Gasteiger partial charge in [-0.15, -0.1) is 11.8 Å². The Kier molecular flexibility index (Phi) is 9.51. The summed E-state index contributed by atoms with van der Waals surface area (Å²) in [5.74, 6) is 0.0747. The van der Waals surface area contributed by atoms with E-state index in [9.17, 15) is 14.0 Å². The Bertz CT molecular complexity index is 1030. The summed E-state index contributed by atoms with van der Waals surface area (Å²) >= 11 is 1.49. The van der Waals surface area contributed by atoms with Gasteiger partial charge in [0, 0.05) is 30.8 Å². The number of nitrogens with zero attached hydrogens (tertiary/aromatic N) is 1. The molecule has 1 atom stereocenters. The minimum Gasteiger partial charge on any atom is -0.355 e. The van der Waals surface area contributed by atoms with Crippen LogP contribution in [0.5, 0.6) is 0 Å². The van der Waals surface area contributed by atoms with Gasteiger partial charge in [0.25, 0.3) is 0 Å². The van der Waals surface area contributed by atoms with E-state index >= 15 is 0 Å². The molecule has 6 heteroatoms. The average molecular weight is 465 g/mol. The summed E-state index contributed by atoms with van der Waals surface area (Å²) in [5.41, 5.74) is 2.46. The largest absolute Gasteiger partial charge is 0.355 e. The molecular weight excluding hydrogens is 435 g/mol. The maximum atomic E-state index is 14.5. The summed E-state index contributed by atoms with van der Waals surface area (Å²) in [6.45, 7) is 2.33. The van der Waals surface area contributed by atoms with Crippen molar-refractivity contribution in [3.63, 3.8) is 0 Å². The van der Waals surface area contributed by atoms with E-state index in [2.05, 4.69) is 5.32 Å². The lowest BCUT2D eigenvalue weighted by atomic mass is 10.0. The highest BCUT2D eigenvalue weighted by Gasteiger charge is 2.30. The topological polar surface area (TPSA) is 49.4 Å². The molecule has 0 aliphatic rings. The second-order valence-electron chi connectivity index (χ2n) is 7.69. The Balaban J connectivity index is 1.84. The van der Waals surface area contributed by atoms with Gasteiger partial charge in [0.05, 0.1) is 5.75 Å². The summed E-state index contributed by atoms with van der Waals surface area (Å²) in [7, 11) is 0. The molecular formula is C27H29FN2O2S. The van der Waals surface area contributed by atoms with E-state index in [1.807, 2.05) is 67.6 Å². The van der Waals surface area contributed by atoms with Gasteiger partial charge < -0.3 is 10.2 Å². The second kappa shape index (κ2) is 12.8. The zero-order valence-electron chi connectivity index (χ0n) is 18.7. The van der Waals surface area contributed by atoms with Crippen LogP contribution in [0.3, 0.4) is 0 Å². The molecule has 0 saturated heterocycles. The van der Waals surface area contributed by atoms with Crippen LogP contribution in [0, 0.1) is 5.82 Å². The number of benzene rings is 3. The number of carbonyl (C=O) groups excluding carboxylic acids is 2. The van der Waals surface area contributed by atoms with Crippen LogP contribution in [0.15, 0.2) is 84.9 Å². The van der Waals surface area contributed by atoms with Crippen LogP contribution < -0.4 is 5.32 Å². The van der Waals surface area contributed by atoms with Crippen LogP contribution >= 0.6 is 11.8 Å². The van der Waals surface area contributed by atoms with Crippen molar-refractivity contribution in [2.45, 2.75) is 31.7 Å². The Hall–Kier alpha value is -3.12. The number of thioether (sulfide) groups is 1. The molecule has 0 saturated carbocycles. The Morgan fingerprint density at radius 1 is 0.909 bits per heavy atom. The van der Waals surface area contributed by atoms with Crippen molar-refractivity contribution in [2.75, 3.05) is 12.3 Å². The van der Waals surface area contributed by atoms with Crippen LogP contribution in [-0.4, -0.2) is 35.1 Å². The molecule has 0 bridgehead atoms. The van der Waals surface area contributed by atoms with Crippen molar-refractivity contribution in [2.24, 2.45) is 0 Å². The minimum atomic E-state index is -0.739. The molecule has 0 aliphatic heterocycles. The number of likely N-dealkylation sites (N-methyl/N-ethyl adjacent to an activating group) is 1. The SMILES string of the molecule is CCNC(=O)[C@@H](Cc1ccccc1)N(Cc1ccccc1F)C(=O)CSCc1ccccc1. The van der Waals surface area contributed by atoms with Gasteiger partial charge in [-0.2, -0.15) is 0 Å². The summed E-state index contributed by atoms with van der Waals surface area (Å²) in [6.07, 6.45) is 0.357. The van der Waals surface area contributed by atoms with Gasteiger partial charge in [0.15, 0.2) is 0 Å². The smallest absolute Gasteiger partial charge is 0.243 e. The predicted molar refractivity (Wildman–Crippen MR) is 132 cm³/mol. The molecule has 2 amide bonds. The van der Waals surface area contributed by atoms with Crippen LogP contribution in [0.25, 0.3) is 0 Å². The van der Waals surface area contributed by atoms with Gasteiger partial charge in [0.2, 0.25) is 11.8 Å². The molecule has 3 aromatic carbocycles. The number of hydrogen-bond acceptors (Lipinski definition) is 3. The molecule has 172 valence electrons. The molecule has 0 fully saturated rings. The van der Waals surface area contributed by atoms with E-state index in [1.165, 1.54) is 22.7 Å². The number of carbonyl (C=O) groups is 2. The fraction of sp³-hybridized carbons (Fsp3) is 0.259. The molecule has 3 aromatic rings. The third-order valence-electron chi connectivity index (χ3n) is 5.26. The van der Waals surface area contributed by atoms with E-state index < -0.39 is 6.04 Å². The molecule has 1 N–H and O–H groups in total. The molecule has 0 aliphatic carbocycles. The van der Waals surface area contributed by atoms with Gasteiger partial charge in [-0.1, -0.05) is 78.9 Å². The fourth-order valence-corrected chi connectivity index (χ4v) is 4.44. The van der Waals surface area contributed by atoms with Crippen LogP contribution in [-0.2, 0) is 28.3 Å². The lowest BCUT2D eigenvalue weighted by molar-refractivity contribution is -0.139. The number of rotatable bonds is 11. The maximum absolute atomic E-state index is 14.5. The Labute approximate surface area is 199 Å². The van der Waals surface area contributed by atoms with E-state index in [4.69, 9.17) is 0 Å². The number of halogens is 1. The molecule has 4 nitrogen and oxygen atoms in total. The summed E-state index contributed by atoms with van der Waals surface area (Å²) in [6, 6.07) is 25.2. The number of amides is 2. The number of hydrogen-bond donors (Lipinski definition) is 1. The van der Waals surface area contributed by atoms with Crippen LogP contribution in [0.1, 0.15) is 23.6 Å². The van der Waals surface area contributed by atoms with E-state index in [0.717, 1.165) is 11.1 Å². The first kappa shape index (κ1) is 24.5. The first-order chi connectivity index (χ1) is 16.1. The molecule has 3 rings (SSSR count). The van der Waals surface area contributed by atoms with Gasteiger partial charge in [-0.25, -0.2) is 4.39 Å². The Morgan fingerprint density at radius 3 is 2.15 bits per heavy atom. The predicted octanol–water partition coefficient (Wildman–Crippen LogP) is 4.84. The Morgan fingerprint density at radius 2 is 1.52 bits per heavy atom. The summed E-state index contributed by atoms with van der Waals surface area (Å²) in [5, 5.41) is 2.85. The third-order valence-corrected chi connectivity index (χ3v) is 6.25. The van der Waals surface area contributed by atoms with Crippen molar-refractivity contribution >= 4 is 23.6 Å². The standard InChI is InChI=1S/C27H29FN2O2S/c1-2-29-27(32)25(17-21-11-5-3-6-12-21)30(18-23-15-9-10-16-24(23)28)26(31)20-33-19-22-13-7-4-8-14-22/h3-16,25H,2,17-20H2,1H3,(H,29,32)/t25-/m1/s1. The van der Waals surface area contributed by atoms with Crippen LogP contribution in [0.2, 0.25) is 0 Å². The van der Waals surface area contributed by atoms with Crippen molar-refractivity contribution in [3.8, 4) is 0 Å². The lowest BCUT2D eigenvalue weighted by Gasteiger charge is -2.31. The van der Waals surface area contributed by atoms with E-state index in [-0.39, 0.29) is 29.9 Å². The highest BCUT2D eigenvalue weighted by Crippen LogP contribution is 2.19. The third kappa shape index (κ3) is 7.46. The molecule has 0 radical (unpaired) electrons. The normalized spacial score (nSPS) is 11.6.